The number of hydrogen-bond donors (Lipinski definition) is 1. The molecule has 0 aromatic heterocycles. The van der Waals surface area contributed by atoms with Crippen molar-refractivity contribution in [3.8, 4) is 0 Å². The highest BCUT2D eigenvalue weighted by Gasteiger charge is 2.24. The molecule has 0 saturated heterocycles. The molecule has 0 aliphatic heterocycles. The van der Waals surface area contributed by atoms with Crippen molar-refractivity contribution >= 4 is 17.7 Å². The van der Waals surface area contributed by atoms with Crippen LogP contribution < -0.4 is 5.32 Å². The van der Waals surface area contributed by atoms with E-state index in [1.807, 2.05) is 60.7 Å². The number of benzene rings is 3. The van der Waals surface area contributed by atoms with Gasteiger partial charge in [0.25, 0.3) is 0 Å². The molecular weight excluding hydrogens is 448 g/mol. The fourth-order valence-corrected chi connectivity index (χ4v) is 4.25. The number of nitrogens with one attached hydrogen (secondary N) is 1. The minimum atomic E-state index is -0.613. The lowest BCUT2D eigenvalue weighted by Gasteiger charge is -2.29. The first-order valence-electron chi connectivity index (χ1n) is 11.9. The van der Waals surface area contributed by atoms with Crippen LogP contribution in [0, 0.1) is 11.6 Å². The van der Waals surface area contributed by atoms with Crippen molar-refractivity contribution in [3.05, 3.63) is 107 Å². The highest BCUT2D eigenvalue weighted by atomic mass is 19.1. The Hall–Kier alpha value is -3.51. The quantitative estimate of drug-likeness (QED) is 0.365. The van der Waals surface area contributed by atoms with Gasteiger partial charge in [-0.1, -0.05) is 66.7 Å². The molecule has 1 saturated carbocycles. The zero-order valence-electron chi connectivity index (χ0n) is 19.5. The van der Waals surface area contributed by atoms with Gasteiger partial charge in [-0.25, -0.2) is 13.6 Å². The molecule has 0 heterocycles. The van der Waals surface area contributed by atoms with E-state index in [-0.39, 0.29) is 30.9 Å². The summed E-state index contributed by atoms with van der Waals surface area (Å²) in [5, 5.41) is 2.92. The molecule has 4 rings (SSSR count). The van der Waals surface area contributed by atoms with Gasteiger partial charge in [-0.2, -0.15) is 0 Å². The molecule has 0 atom stereocenters. The molecule has 182 valence electrons. The number of amides is 1. The van der Waals surface area contributed by atoms with Gasteiger partial charge in [-0.15, -0.1) is 0 Å². The number of hydrogen-bond acceptors (Lipinski definition) is 3. The highest BCUT2D eigenvalue weighted by molar-refractivity contribution is 5.82. The third-order valence-corrected chi connectivity index (χ3v) is 6.11. The summed E-state index contributed by atoms with van der Waals surface area (Å²) < 4.78 is 40.4. The molecule has 0 unspecified atom stereocenters. The van der Waals surface area contributed by atoms with Gasteiger partial charge in [0.15, 0.2) is 0 Å². The molecular formula is C29H29F2NO3. The predicted molar refractivity (Wildman–Crippen MR) is 132 cm³/mol. The average molecular weight is 478 g/mol. The smallest absolute Gasteiger partial charge is 0.407 e. The first-order chi connectivity index (χ1) is 17.1. The summed E-state index contributed by atoms with van der Waals surface area (Å²) in [6.45, 7) is 0.322. The second-order valence-electron chi connectivity index (χ2n) is 8.67. The summed E-state index contributed by atoms with van der Waals surface area (Å²) in [6.07, 6.45) is 4.25. The number of alkyl carbamates (subject to hydrolysis) is 1. The van der Waals surface area contributed by atoms with E-state index < -0.39 is 17.7 Å². The third kappa shape index (κ3) is 7.23. The van der Waals surface area contributed by atoms with E-state index in [4.69, 9.17) is 9.47 Å². The van der Waals surface area contributed by atoms with Crippen LogP contribution in [0.5, 0.6) is 0 Å². The van der Waals surface area contributed by atoms with Gasteiger partial charge in [0.1, 0.15) is 18.2 Å². The normalized spacial score (nSPS) is 18.2. The van der Waals surface area contributed by atoms with Gasteiger partial charge in [0, 0.05) is 6.04 Å². The minimum Gasteiger partial charge on any atom is -0.445 e. The van der Waals surface area contributed by atoms with Crippen LogP contribution in [-0.4, -0.2) is 24.8 Å². The molecule has 35 heavy (non-hydrogen) atoms. The first kappa shape index (κ1) is 24.6. The van der Waals surface area contributed by atoms with Crippen molar-refractivity contribution in [2.75, 3.05) is 6.61 Å². The van der Waals surface area contributed by atoms with Gasteiger partial charge in [0.05, 0.1) is 18.3 Å². The monoisotopic (exact) mass is 477 g/mol. The molecule has 1 aliphatic rings. The van der Waals surface area contributed by atoms with Crippen LogP contribution in [0.1, 0.15) is 42.4 Å². The van der Waals surface area contributed by atoms with Crippen LogP contribution in [-0.2, 0) is 16.1 Å². The Morgan fingerprint density at radius 3 is 2.14 bits per heavy atom. The Balaban J connectivity index is 1.30. The van der Waals surface area contributed by atoms with E-state index in [1.54, 1.807) is 6.08 Å². The maximum Gasteiger partial charge on any atom is 0.407 e. The standard InChI is InChI=1S/C29H29F2NO3/c30-26-12-7-13-27(31)28(26)23(18-21-8-3-1-4-9-21)20-34-25-16-14-24(15-17-25)32-29(33)35-19-22-10-5-2-6-11-22/h1-13,18,24-25H,14-17,19-20H2,(H,32,33)/b23-18-. The fourth-order valence-electron chi connectivity index (χ4n) is 4.25. The molecule has 0 spiro atoms. The second kappa shape index (κ2) is 12.3. The van der Waals surface area contributed by atoms with Crippen molar-refractivity contribution < 1.29 is 23.0 Å². The maximum absolute atomic E-state index is 14.5. The van der Waals surface area contributed by atoms with Crippen molar-refractivity contribution in [2.45, 2.75) is 44.4 Å². The lowest BCUT2D eigenvalue weighted by molar-refractivity contribution is 0.0416. The summed E-state index contributed by atoms with van der Waals surface area (Å²) in [5.74, 6) is -1.23. The Labute approximate surface area is 204 Å². The van der Waals surface area contributed by atoms with E-state index in [9.17, 15) is 13.6 Å². The number of carbonyl (C=O) groups is 1. The van der Waals surface area contributed by atoms with Crippen LogP contribution in [0.15, 0.2) is 78.9 Å². The molecule has 1 N–H and O–H groups in total. The van der Waals surface area contributed by atoms with E-state index >= 15 is 0 Å². The van der Waals surface area contributed by atoms with E-state index in [0.29, 0.717) is 5.57 Å². The lowest BCUT2D eigenvalue weighted by atomic mass is 9.93. The minimum absolute atomic E-state index is 0.0152. The van der Waals surface area contributed by atoms with Crippen molar-refractivity contribution in [1.82, 2.24) is 5.32 Å². The van der Waals surface area contributed by atoms with Gasteiger partial charge in [-0.3, -0.25) is 0 Å². The average Bonchev–Trinajstić information content (AvgIpc) is 2.88. The Bertz CT molecular complexity index is 1110. The van der Waals surface area contributed by atoms with Crippen LogP contribution in [0.4, 0.5) is 13.6 Å². The van der Waals surface area contributed by atoms with Crippen LogP contribution in [0.3, 0.4) is 0 Å². The molecule has 1 amide bonds. The summed E-state index contributed by atoms with van der Waals surface area (Å²) >= 11 is 0. The van der Waals surface area contributed by atoms with Gasteiger partial charge < -0.3 is 14.8 Å². The van der Waals surface area contributed by atoms with E-state index in [0.717, 1.165) is 36.8 Å². The summed E-state index contributed by atoms with van der Waals surface area (Å²) in [4.78, 5) is 12.1. The predicted octanol–water partition coefficient (Wildman–Crippen LogP) is 6.76. The molecule has 6 heteroatoms. The van der Waals surface area contributed by atoms with Gasteiger partial charge >= 0.3 is 6.09 Å². The number of halogens is 2. The zero-order chi connectivity index (χ0) is 24.5. The molecule has 3 aromatic rings. The maximum atomic E-state index is 14.5. The zero-order valence-corrected chi connectivity index (χ0v) is 19.5. The molecule has 1 fully saturated rings. The third-order valence-electron chi connectivity index (χ3n) is 6.11. The Kier molecular flexibility index (Phi) is 8.63. The topological polar surface area (TPSA) is 47.6 Å². The van der Waals surface area contributed by atoms with Crippen LogP contribution in [0.2, 0.25) is 0 Å². The van der Waals surface area contributed by atoms with Gasteiger partial charge in [-0.05, 0) is 60.6 Å². The molecule has 0 radical (unpaired) electrons. The Morgan fingerprint density at radius 2 is 1.49 bits per heavy atom. The molecule has 3 aromatic carbocycles. The number of rotatable bonds is 8. The lowest BCUT2D eigenvalue weighted by Crippen LogP contribution is -2.39. The SMILES string of the molecule is O=C(NC1CCC(OC/C(=C/c2ccccc2)c2c(F)cccc2F)CC1)OCc1ccccc1. The summed E-state index contributed by atoms with van der Waals surface area (Å²) in [6, 6.07) is 22.8. The van der Waals surface area contributed by atoms with Crippen molar-refractivity contribution in [3.63, 3.8) is 0 Å². The summed E-state index contributed by atoms with van der Waals surface area (Å²) in [5.41, 5.74) is 2.17. The molecule has 0 bridgehead atoms. The van der Waals surface area contributed by atoms with Crippen molar-refractivity contribution in [2.24, 2.45) is 0 Å². The highest BCUT2D eigenvalue weighted by Crippen LogP contribution is 2.27. The number of ether oxygens (including phenoxy) is 2. The fraction of sp³-hybridized carbons (Fsp3) is 0.276. The first-order valence-corrected chi connectivity index (χ1v) is 11.9. The van der Waals surface area contributed by atoms with Crippen LogP contribution >= 0.6 is 0 Å². The van der Waals surface area contributed by atoms with Crippen molar-refractivity contribution in [1.29, 1.82) is 0 Å². The molecule has 1 aliphatic carbocycles. The van der Waals surface area contributed by atoms with E-state index in [2.05, 4.69) is 5.32 Å². The molecule has 4 nitrogen and oxygen atoms in total. The summed E-state index contributed by atoms with van der Waals surface area (Å²) in [7, 11) is 0. The van der Waals surface area contributed by atoms with Crippen LogP contribution in [0.25, 0.3) is 11.6 Å². The second-order valence-corrected chi connectivity index (χ2v) is 8.67. The largest absolute Gasteiger partial charge is 0.445 e. The van der Waals surface area contributed by atoms with Gasteiger partial charge in [0.2, 0.25) is 0 Å². The Morgan fingerprint density at radius 1 is 0.857 bits per heavy atom. The van der Waals surface area contributed by atoms with E-state index in [1.165, 1.54) is 18.2 Å². The number of carbonyl (C=O) groups excluding carboxylic acids is 1.